The molecule has 0 heterocycles. The second kappa shape index (κ2) is 5.25. The van der Waals surface area contributed by atoms with Crippen molar-refractivity contribution in [3.8, 4) is 5.75 Å². The molecule has 0 amide bonds. The van der Waals surface area contributed by atoms with Crippen molar-refractivity contribution in [1.29, 1.82) is 0 Å². The van der Waals surface area contributed by atoms with Crippen molar-refractivity contribution in [1.82, 2.24) is 0 Å². The quantitative estimate of drug-likeness (QED) is 0.879. The van der Waals surface area contributed by atoms with E-state index in [9.17, 15) is 15.0 Å². The molecule has 0 aliphatic heterocycles. The fourth-order valence-electron chi connectivity index (χ4n) is 6.28. The van der Waals surface area contributed by atoms with E-state index >= 15 is 0 Å². The third kappa shape index (κ3) is 2.36. The first-order chi connectivity index (χ1) is 11.0. The highest BCUT2D eigenvalue weighted by Crippen LogP contribution is 2.66. The molecule has 0 aromatic heterocycles. The number of aliphatic carboxylic acids is 1. The molecule has 3 heteroatoms. The van der Waals surface area contributed by atoms with Crippen LogP contribution < -0.4 is 0 Å². The van der Waals surface area contributed by atoms with Gasteiger partial charge in [0.15, 0.2) is 0 Å². The minimum absolute atomic E-state index is 0.0735. The van der Waals surface area contributed by atoms with Crippen molar-refractivity contribution < 1.29 is 15.0 Å². The highest BCUT2D eigenvalue weighted by atomic mass is 16.4. The van der Waals surface area contributed by atoms with E-state index in [4.69, 9.17) is 0 Å². The monoisotopic (exact) mass is 314 g/mol. The van der Waals surface area contributed by atoms with Gasteiger partial charge in [-0.25, -0.2) is 0 Å². The van der Waals surface area contributed by atoms with E-state index in [1.165, 1.54) is 31.2 Å². The van der Waals surface area contributed by atoms with Crippen LogP contribution >= 0.6 is 0 Å². The van der Waals surface area contributed by atoms with Crippen LogP contribution in [0.25, 0.3) is 0 Å². The molecule has 1 aromatic carbocycles. The average Bonchev–Trinajstić information content (AvgIpc) is 2.47. The standard InChI is InChI=1S/C20H26O3/c1-12-14-6-16-8-15(12)9-17(7-14)20(16,11-19(22)23)10-13-2-4-18(21)5-3-13/h2-5,12,14-17,21H,6-11H2,1H3,(H,22,23). The van der Waals surface area contributed by atoms with Crippen molar-refractivity contribution in [3.63, 3.8) is 0 Å². The van der Waals surface area contributed by atoms with Crippen molar-refractivity contribution in [2.24, 2.45) is 35.0 Å². The molecule has 1 aromatic rings. The van der Waals surface area contributed by atoms with Gasteiger partial charge in [-0.1, -0.05) is 19.1 Å². The average molecular weight is 314 g/mol. The van der Waals surface area contributed by atoms with E-state index in [1.54, 1.807) is 12.1 Å². The predicted octanol–water partition coefficient (Wildman–Crippen LogP) is 4.10. The number of aromatic hydroxyl groups is 1. The van der Waals surface area contributed by atoms with Crippen LogP contribution in [0.5, 0.6) is 5.75 Å². The van der Waals surface area contributed by atoms with Gasteiger partial charge in [-0.05, 0) is 84.8 Å². The minimum atomic E-state index is -0.649. The van der Waals surface area contributed by atoms with Gasteiger partial charge in [0.05, 0.1) is 6.42 Å². The lowest BCUT2D eigenvalue weighted by atomic mass is 9.41. The molecule has 124 valence electrons. The molecule has 0 radical (unpaired) electrons. The summed E-state index contributed by atoms with van der Waals surface area (Å²) in [5, 5.41) is 19.1. The molecule has 5 rings (SSSR count). The number of benzene rings is 1. The van der Waals surface area contributed by atoms with Crippen LogP contribution in [0.4, 0.5) is 0 Å². The Morgan fingerprint density at radius 3 is 2.09 bits per heavy atom. The second-order valence-corrected chi connectivity index (χ2v) is 8.36. The molecule has 0 unspecified atom stereocenters. The first kappa shape index (κ1) is 15.0. The topological polar surface area (TPSA) is 57.5 Å². The lowest BCUT2D eigenvalue weighted by Crippen LogP contribution is -2.57. The Balaban J connectivity index is 1.67. The van der Waals surface area contributed by atoms with Gasteiger partial charge in [-0.15, -0.1) is 0 Å². The van der Waals surface area contributed by atoms with E-state index in [0.717, 1.165) is 24.2 Å². The summed E-state index contributed by atoms with van der Waals surface area (Å²) < 4.78 is 0. The number of hydrogen-bond donors (Lipinski definition) is 2. The van der Waals surface area contributed by atoms with E-state index in [1.807, 2.05) is 12.1 Å². The zero-order valence-electron chi connectivity index (χ0n) is 13.7. The molecular weight excluding hydrogens is 288 g/mol. The van der Waals surface area contributed by atoms with E-state index in [2.05, 4.69) is 6.92 Å². The highest BCUT2D eigenvalue weighted by Gasteiger charge is 2.59. The molecule has 4 bridgehead atoms. The van der Waals surface area contributed by atoms with Crippen LogP contribution in [0, 0.1) is 35.0 Å². The maximum absolute atomic E-state index is 11.7. The van der Waals surface area contributed by atoms with E-state index < -0.39 is 5.97 Å². The van der Waals surface area contributed by atoms with Gasteiger partial charge in [0.25, 0.3) is 0 Å². The summed E-state index contributed by atoms with van der Waals surface area (Å²) in [5.41, 5.74) is 1.10. The lowest BCUT2D eigenvalue weighted by molar-refractivity contribution is -0.162. The Hall–Kier alpha value is -1.51. The van der Waals surface area contributed by atoms with Gasteiger partial charge in [-0.3, -0.25) is 4.79 Å². The van der Waals surface area contributed by atoms with Crippen LogP contribution in [0.2, 0.25) is 0 Å². The Labute approximate surface area is 137 Å². The summed E-state index contributed by atoms with van der Waals surface area (Å²) in [6, 6.07) is 7.38. The Kier molecular flexibility index (Phi) is 3.44. The Morgan fingerprint density at radius 1 is 1.09 bits per heavy atom. The first-order valence-corrected chi connectivity index (χ1v) is 8.97. The van der Waals surface area contributed by atoms with Crippen LogP contribution in [-0.2, 0) is 11.2 Å². The molecule has 3 nitrogen and oxygen atoms in total. The van der Waals surface area contributed by atoms with E-state index in [0.29, 0.717) is 18.3 Å². The molecule has 0 atom stereocenters. The number of carbonyl (C=O) groups is 1. The SMILES string of the molecule is CC1C2CC3CC1CC(C2)C3(CC(=O)O)Cc1ccc(O)cc1. The van der Waals surface area contributed by atoms with Gasteiger partial charge < -0.3 is 10.2 Å². The maximum atomic E-state index is 11.7. The number of carboxylic acids is 1. The summed E-state index contributed by atoms with van der Waals surface area (Å²) in [6.07, 6.45) is 6.04. The number of hydrogen-bond acceptors (Lipinski definition) is 2. The molecule has 0 spiro atoms. The molecule has 2 N–H and O–H groups in total. The fourth-order valence-corrected chi connectivity index (χ4v) is 6.28. The van der Waals surface area contributed by atoms with Crippen molar-refractivity contribution in [3.05, 3.63) is 29.8 Å². The molecule has 4 aliphatic rings. The van der Waals surface area contributed by atoms with Gasteiger partial charge >= 0.3 is 5.97 Å². The van der Waals surface area contributed by atoms with Crippen LogP contribution in [-0.4, -0.2) is 16.2 Å². The maximum Gasteiger partial charge on any atom is 0.303 e. The van der Waals surface area contributed by atoms with Gasteiger partial charge in [0, 0.05) is 0 Å². The summed E-state index contributed by atoms with van der Waals surface area (Å²) >= 11 is 0. The zero-order chi connectivity index (χ0) is 16.2. The summed E-state index contributed by atoms with van der Waals surface area (Å²) in [5.74, 6) is 3.22. The minimum Gasteiger partial charge on any atom is -0.508 e. The first-order valence-electron chi connectivity index (χ1n) is 8.97. The summed E-state index contributed by atoms with van der Waals surface area (Å²) in [6.45, 7) is 2.41. The molecule has 4 saturated carbocycles. The van der Waals surface area contributed by atoms with Crippen molar-refractivity contribution in [2.45, 2.75) is 45.4 Å². The zero-order valence-corrected chi connectivity index (χ0v) is 13.7. The van der Waals surface area contributed by atoms with Crippen molar-refractivity contribution >= 4 is 5.97 Å². The number of carboxylic acid groups (broad SMARTS) is 1. The van der Waals surface area contributed by atoms with Crippen LogP contribution in [0.1, 0.15) is 44.6 Å². The number of phenolic OH excluding ortho intramolecular Hbond substituents is 1. The summed E-state index contributed by atoms with van der Waals surface area (Å²) in [7, 11) is 0. The predicted molar refractivity (Wildman–Crippen MR) is 88.1 cm³/mol. The van der Waals surface area contributed by atoms with Crippen molar-refractivity contribution in [2.75, 3.05) is 0 Å². The number of phenols is 1. The van der Waals surface area contributed by atoms with Gasteiger partial charge in [0.1, 0.15) is 5.75 Å². The lowest BCUT2D eigenvalue weighted by Gasteiger charge is -2.63. The molecule has 4 fully saturated rings. The molecule has 0 saturated heterocycles. The highest BCUT2D eigenvalue weighted by molar-refractivity contribution is 5.68. The molecule has 23 heavy (non-hydrogen) atoms. The molecule has 4 aliphatic carbocycles. The Morgan fingerprint density at radius 2 is 1.61 bits per heavy atom. The largest absolute Gasteiger partial charge is 0.508 e. The molecular formula is C20H26O3. The fraction of sp³-hybridized carbons (Fsp3) is 0.650. The van der Waals surface area contributed by atoms with E-state index in [-0.39, 0.29) is 11.2 Å². The smallest absolute Gasteiger partial charge is 0.303 e. The number of rotatable bonds is 4. The van der Waals surface area contributed by atoms with Gasteiger partial charge in [-0.2, -0.15) is 0 Å². The van der Waals surface area contributed by atoms with Crippen LogP contribution in [0.15, 0.2) is 24.3 Å². The third-order valence-corrected chi connectivity index (χ3v) is 7.41. The summed E-state index contributed by atoms with van der Waals surface area (Å²) in [4.78, 5) is 11.7. The van der Waals surface area contributed by atoms with Gasteiger partial charge in [0.2, 0.25) is 0 Å². The third-order valence-electron chi connectivity index (χ3n) is 7.41. The van der Waals surface area contributed by atoms with Crippen LogP contribution in [0.3, 0.4) is 0 Å². The second-order valence-electron chi connectivity index (χ2n) is 8.36. The normalized spacial score (nSPS) is 41.2. The Bertz CT molecular complexity index is 574.